The third kappa shape index (κ3) is 1.39. The molecule has 1 N–H and O–H groups in total. The highest BCUT2D eigenvalue weighted by atomic mass is 16.4. The second-order valence-electron chi connectivity index (χ2n) is 3.19. The number of nitrogens with zero attached hydrogens (tertiary/aromatic N) is 2. The van der Waals surface area contributed by atoms with Crippen LogP contribution in [-0.4, -0.2) is 45.2 Å². The molecule has 6 nitrogen and oxygen atoms in total. The van der Waals surface area contributed by atoms with Crippen LogP contribution in [0.2, 0.25) is 0 Å². The summed E-state index contributed by atoms with van der Waals surface area (Å²) in [5, 5.41) is 11.5. The van der Waals surface area contributed by atoms with Crippen molar-refractivity contribution < 1.29 is 19.5 Å². The standard InChI is InChI=1S/C9H8N2O4/c12-6-5-10-3-1-2-4-11(10)7(8(6)13)9(14)15/h1-4,7H,5H2,(H,14,15). The van der Waals surface area contributed by atoms with Gasteiger partial charge in [0.15, 0.2) is 0 Å². The van der Waals surface area contributed by atoms with Gasteiger partial charge in [-0.3, -0.25) is 19.6 Å². The molecule has 0 amide bonds. The first-order valence-corrected chi connectivity index (χ1v) is 4.31. The monoisotopic (exact) mass is 208 g/mol. The number of carbonyl (C=O) groups excluding carboxylic acids is 2. The van der Waals surface area contributed by atoms with E-state index in [2.05, 4.69) is 0 Å². The fourth-order valence-corrected chi connectivity index (χ4v) is 1.54. The van der Waals surface area contributed by atoms with Crippen molar-refractivity contribution in [2.45, 2.75) is 6.04 Å². The van der Waals surface area contributed by atoms with E-state index in [1.807, 2.05) is 0 Å². The first-order chi connectivity index (χ1) is 7.11. The van der Waals surface area contributed by atoms with Gasteiger partial charge in [-0.05, 0) is 12.2 Å². The zero-order valence-corrected chi connectivity index (χ0v) is 7.66. The zero-order chi connectivity index (χ0) is 11.0. The van der Waals surface area contributed by atoms with Crippen molar-refractivity contribution in [2.24, 2.45) is 0 Å². The van der Waals surface area contributed by atoms with Gasteiger partial charge in [-0.25, -0.2) is 4.79 Å². The number of fused-ring (bicyclic) bond motifs is 1. The molecule has 2 rings (SSSR count). The second kappa shape index (κ2) is 3.23. The van der Waals surface area contributed by atoms with Gasteiger partial charge in [0.05, 0.1) is 0 Å². The fourth-order valence-electron chi connectivity index (χ4n) is 1.54. The van der Waals surface area contributed by atoms with Crippen molar-refractivity contribution in [1.82, 2.24) is 10.0 Å². The van der Waals surface area contributed by atoms with E-state index in [1.165, 1.54) is 16.2 Å². The highest BCUT2D eigenvalue weighted by Crippen LogP contribution is 2.17. The lowest BCUT2D eigenvalue weighted by Crippen LogP contribution is -2.60. The summed E-state index contributed by atoms with van der Waals surface area (Å²) in [5.74, 6) is -2.88. The Morgan fingerprint density at radius 3 is 2.67 bits per heavy atom. The predicted octanol–water partition coefficient (Wildman–Crippen LogP) is -0.849. The Hall–Kier alpha value is -2.11. The number of carboxylic acids is 1. The number of hydrogen-bond acceptors (Lipinski definition) is 5. The molecule has 2 heterocycles. The Kier molecular flexibility index (Phi) is 2.03. The van der Waals surface area contributed by atoms with E-state index < -0.39 is 23.6 Å². The number of allylic oxidation sites excluding steroid dienone is 2. The molecule has 15 heavy (non-hydrogen) atoms. The van der Waals surface area contributed by atoms with Gasteiger partial charge in [0.25, 0.3) is 0 Å². The van der Waals surface area contributed by atoms with Crippen LogP contribution in [0.15, 0.2) is 24.6 Å². The quantitative estimate of drug-likeness (QED) is 0.447. The maximum absolute atomic E-state index is 11.4. The van der Waals surface area contributed by atoms with Gasteiger partial charge >= 0.3 is 5.97 Å². The molecule has 0 spiro atoms. The molecule has 1 unspecified atom stereocenters. The van der Waals surface area contributed by atoms with Crippen molar-refractivity contribution in [3.05, 3.63) is 24.6 Å². The van der Waals surface area contributed by atoms with Gasteiger partial charge < -0.3 is 5.11 Å². The number of carbonyl (C=O) groups is 3. The van der Waals surface area contributed by atoms with E-state index in [0.29, 0.717) is 0 Å². The minimum atomic E-state index is -1.44. The van der Waals surface area contributed by atoms with Gasteiger partial charge in [0, 0.05) is 12.4 Å². The van der Waals surface area contributed by atoms with E-state index >= 15 is 0 Å². The Labute approximate surface area is 85.0 Å². The fraction of sp³-hybridized carbons (Fsp3) is 0.222. The SMILES string of the molecule is O=C1CN2C=CC=CN2C(C(=O)O)C1=O. The van der Waals surface area contributed by atoms with Crippen molar-refractivity contribution in [2.75, 3.05) is 6.54 Å². The lowest BCUT2D eigenvalue weighted by Gasteiger charge is -2.40. The minimum absolute atomic E-state index is 0.108. The molecule has 0 radical (unpaired) electrons. The van der Waals surface area contributed by atoms with Crippen LogP contribution >= 0.6 is 0 Å². The lowest BCUT2D eigenvalue weighted by atomic mass is 10.1. The molecule has 0 aromatic carbocycles. The maximum Gasteiger partial charge on any atom is 0.336 e. The lowest BCUT2D eigenvalue weighted by molar-refractivity contribution is -0.162. The van der Waals surface area contributed by atoms with Crippen molar-refractivity contribution in [3.8, 4) is 0 Å². The molecule has 0 aromatic heterocycles. The molecule has 0 aliphatic carbocycles. The third-order valence-corrected chi connectivity index (χ3v) is 2.23. The summed E-state index contributed by atoms with van der Waals surface area (Å²) in [5.41, 5.74) is 0. The smallest absolute Gasteiger partial charge is 0.336 e. The van der Waals surface area contributed by atoms with Crippen LogP contribution in [0, 0.1) is 0 Å². The van der Waals surface area contributed by atoms with Crippen LogP contribution in [0.1, 0.15) is 0 Å². The zero-order valence-electron chi connectivity index (χ0n) is 7.66. The molecular formula is C9H8N2O4. The Morgan fingerprint density at radius 2 is 2.00 bits per heavy atom. The minimum Gasteiger partial charge on any atom is -0.479 e. The summed E-state index contributed by atoms with van der Waals surface area (Å²) >= 11 is 0. The average Bonchev–Trinajstić information content (AvgIpc) is 2.19. The molecule has 0 aromatic rings. The van der Waals surface area contributed by atoms with Crippen LogP contribution < -0.4 is 0 Å². The highest BCUT2D eigenvalue weighted by molar-refractivity contribution is 6.43. The summed E-state index contributed by atoms with van der Waals surface area (Å²) in [6.07, 6.45) is 6.29. The molecule has 0 saturated carbocycles. The summed E-state index contributed by atoms with van der Waals surface area (Å²) in [4.78, 5) is 33.5. The number of rotatable bonds is 1. The molecule has 78 valence electrons. The number of aliphatic carboxylic acids is 1. The number of ketones is 2. The van der Waals surface area contributed by atoms with Gasteiger partial charge in [0.2, 0.25) is 17.6 Å². The first kappa shape index (κ1) is 9.45. The van der Waals surface area contributed by atoms with Crippen molar-refractivity contribution in [1.29, 1.82) is 0 Å². The Bertz CT molecular complexity index is 399. The Morgan fingerprint density at radius 1 is 1.33 bits per heavy atom. The van der Waals surface area contributed by atoms with E-state index in [4.69, 9.17) is 5.11 Å². The van der Waals surface area contributed by atoms with Crippen LogP contribution in [0.5, 0.6) is 0 Å². The van der Waals surface area contributed by atoms with Crippen LogP contribution in [-0.2, 0) is 14.4 Å². The summed E-state index contributed by atoms with van der Waals surface area (Å²) < 4.78 is 0. The average molecular weight is 208 g/mol. The van der Waals surface area contributed by atoms with Gasteiger partial charge in [-0.2, -0.15) is 0 Å². The number of hydrazine groups is 1. The molecule has 2 aliphatic heterocycles. The number of hydrogen-bond donors (Lipinski definition) is 1. The van der Waals surface area contributed by atoms with E-state index in [1.54, 1.807) is 18.4 Å². The summed E-state index contributed by atoms with van der Waals surface area (Å²) in [6, 6.07) is -1.44. The Balaban J connectivity index is 2.36. The highest BCUT2D eigenvalue weighted by Gasteiger charge is 2.43. The van der Waals surface area contributed by atoms with Crippen molar-refractivity contribution in [3.63, 3.8) is 0 Å². The van der Waals surface area contributed by atoms with Gasteiger partial charge in [-0.1, -0.05) is 0 Å². The van der Waals surface area contributed by atoms with Crippen molar-refractivity contribution >= 4 is 17.5 Å². The van der Waals surface area contributed by atoms with Crippen LogP contribution in [0.25, 0.3) is 0 Å². The normalized spacial score (nSPS) is 24.4. The molecule has 6 heteroatoms. The van der Waals surface area contributed by atoms with Crippen LogP contribution in [0.4, 0.5) is 0 Å². The van der Waals surface area contributed by atoms with Crippen LogP contribution in [0.3, 0.4) is 0 Å². The first-order valence-electron chi connectivity index (χ1n) is 4.31. The summed E-state index contributed by atoms with van der Waals surface area (Å²) in [7, 11) is 0. The predicted molar refractivity (Wildman–Crippen MR) is 48.3 cm³/mol. The molecule has 1 saturated heterocycles. The van der Waals surface area contributed by atoms with E-state index in [0.717, 1.165) is 0 Å². The third-order valence-electron chi connectivity index (χ3n) is 2.23. The molecule has 1 atom stereocenters. The largest absolute Gasteiger partial charge is 0.479 e. The molecule has 0 bridgehead atoms. The topological polar surface area (TPSA) is 77.9 Å². The number of carboxylic acid groups (broad SMARTS) is 1. The van der Waals surface area contributed by atoms with E-state index in [-0.39, 0.29) is 6.54 Å². The molecule has 1 fully saturated rings. The molecular weight excluding hydrogens is 200 g/mol. The van der Waals surface area contributed by atoms with Gasteiger partial charge in [-0.15, -0.1) is 0 Å². The van der Waals surface area contributed by atoms with E-state index in [9.17, 15) is 14.4 Å². The van der Waals surface area contributed by atoms with Gasteiger partial charge in [0.1, 0.15) is 6.54 Å². The molecule has 2 aliphatic rings. The second-order valence-corrected chi connectivity index (χ2v) is 3.19. The number of Topliss-reactive ketones (excluding diaryl/α,β-unsaturated/α-hetero) is 2. The maximum atomic E-state index is 11.4. The summed E-state index contributed by atoms with van der Waals surface area (Å²) in [6.45, 7) is -0.108.